The van der Waals surface area contributed by atoms with Crippen LogP contribution in [0.25, 0.3) is 11.0 Å². The number of aryl methyl sites for hydroxylation is 1. The third kappa shape index (κ3) is 2.81. The standard InChI is InChI=1S/C15H24N6/c1-20(2)11-6-4-10(5-7-11)17-13-12-8-9-21(3)14(12)19-15(16)18-13/h8-11H,4-7H2,1-3H3,(H3,16,17,18,19). The summed E-state index contributed by atoms with van der Waals surface area (Å²) in [7, 11) is 6.30. The lowest BCUT2D eigenvalue weighted by molar-refractivity contribution is 0.221. The summed E-state index contributed by atoms with van der Waals surface area (Å²) in [6.07, 6.45) is 6.78. The molecule has 3 rings (SSSR count). The molecule has 0 saturated heterocycles. The van der Waals surface area contributed by atoms with Gasteiger partial charge in [0.25, 0.3) is 0 Å². The Kier molecular flexibility index (Phi) is 3.71. The lowest BCUT2D eigenvalue weighted by Crippen LogP contribution is -2.36. The largest absolute Gasteiger partial charge is 0.368 e. The predicted molar refractivity (Wildman–Crippen MR) is 86.3 cm³/mol. The Morgan fingerprint density at radius 3 is 2.62 bits per heavy atom. The van der Waals surface area contributed by atoms with E-state index in [1.807, 2.05) is 23.9 Å². The van der Waals surface area contributed by atoms with Crippen LogP contribution in [0.3, 0.4) is 0 Å². The maximum Gasteiger partial charge on any atom is 0.223 e. The lowest BCUT2D eigenvalue weighted by atomic mass is 9.90. The second-order valence-corrected chi connectivity index (χ2v) is 6.21. The molecule has 1 saturated carbocycles. The molecule has 0 spiro atoms. The van der Waals surface area contributed by atoms with Gasteiger partial charge in [0.15, 0.2) is 0 Å². The highest BCUT2D eigenvalue weighted by atomic mass is 15.1. The zero-order valence-corrected chi connectivity index (χ0v) is 13.0. The van der Waals surface area contributed by atoms with Crippen molar-refractivity contribution in [2.45, 2.75) is 37.8 Å². The van der Waals surface area contributed by atoms with E-state index in [1.165, 1.54) is 25.7 Å². The molecule has 1 aliphatic rings. The van der Waals surface area contributed by atoms with Gasteiger partial charge in [0, 0.05) is 25.3 Å². The van der Waals surface area contributed by atoms with Crippen LogP contribution in [-0.2, 0) is 7.05 Å². The van der Waals surface area contributed by atoms with Crippen molar-refractivity contribution < 1.29 is 0 Å². The number of anilines is 2. The van der Waals surface area contributed by atoms with Gasteiger partial charge < -0.3 is 20.5 Å². The normalized spacial score (nSPS) is 22.9. The maximum absolute atomic E-state index is 5.84. The predicted octanol–water partition coefficient (Wildman–Crippen LogP) is 1.84. The Bertz CT molecular complexity index is 624. The molecule has 0 atom stereocenters. The van der Waals surface area contributed by atoms with Crippen molar-refractivity contribution in [2.75, 3.05) is 25.1 Å². The Morgan fingerprint density at radius 1 is 1.24 bits per heavy atom. The molecule has 1 aliphatic carbocycles. The molecular formula is C15H24N6. The minimum absolute atomic E-state index is 0.328. The average molecular weight is 288 g/mol. The van der Waals surface area contributed by atoms with Gasteiger partial charge in [-0.1, -0.05) is 0 Å². The Hall–Kier alpha value is -1.82. The molecule has 0 radical (unpaired) electrons. The van der Waals surface area contributed by atoms with Crippen molar-refractivity contribution >= 4 is 22.8 Å². The van der Waals surface area contributed by atoms with Gasteiger partial charge in [-0.05, 0) is 45.8 Å². The topological polar surface area (TPSA) is 72.0 Å². The molecule has 1 fully saturated rings. The van der Waals surface area contributed by atoms with E-state index in [4.69, 9.17) is 5.73 Å². The molecule has 0 unspecified atom stereocenters. The molecule has 0 amide bonds. The number of nitrogens with zero attached hydrogens (tertiary/aromatic N) is 4. The zero-order chi connectivity index (χ0) is 15.0. The highest BCUT2D eigenvalue weighted by Gasteiger charge is 2.23. The molecular weight excluding hydrogens is 264 g/mol. The van der Waals surface area contributed by atoms with Crippen molar-refractivity contribution in [3.05, 3.63) is 12.3 Å². The zero-order valence-electron chi connectivity index (χ0n) is 13.0. The van der Waals surface area contributed by atoms with Crippen molar-refractivity contribution in [1.82, 2.24) is 19.4 Å². The van der Waals surface area contributed by atoms with Crippen molar-refractivity contribution in [3.8, 4) is 0 Å². The molecule has 21 heavy (non-hydrogen) atoms. The van der Waals surface area contributed by atoms with E-state index in [0.717, 1.165) is 16.9 Å². The fourth-order valence-corrected chi connectivity index (χ4v) is 3.19. The van der Waals surface area contributed by atoms with Gasteiger partial charge in [0.1, 0.15) is 11.5 Å². The molecule has 2 aromatic heterocycles. The summed E-state index contributed by atoms with van der Waals surface area (Å²) in [6, 6.07) is 3.22. The van der Waals surface area contributed by atoms with Gasteiger partial charge in [-0.25, -0.2) is 0 Å². The first-order valence-electron chi connectivity index (χ1n) is 7.56. The second kappa shape index (κ2) is 5.52. The van der Waals surface area contributed by atoms with E-state index >= 15 is 0 Å². The van der Waals surface area contributed by atoms with Crippen molar-refractivity contribution in [2.24, 2.45) is 7.05 Å². The molecule has 6 heteroatoms. The smallest absolute Gasteiger partial charge is 0.223 e. The van der Waals surface area contributed by atoms with Gasteiger partial charge in [-0.2, -0.15) is 9.97 Å². The van der Waals surface area contributed by atoms with E-state index in [9.17, 15) is 0 Å². The highest BCUT2D eigenvalue weighted by Crippen LogP contribution is 2.27. The van der Waals surface area contributed by atoms with Crippen LogP contribution in [0.15, 0.2) is 12.3 Å². The molecule has 2 heterocycles. The van der Waals surface area contributed by atoms with Crippen LogP contribution in [0.4, 0.5) is 11.8 Å². The summed E-state index contributed by atoms with van der Waals surface area (Å²) in [5.74, 6) is 1.19. The fourth-order valence-electron chi connectivity index (χ4n) is 3.19. The summed E-state index contributed by atoms with van der Waals surface area (Å²) in [4.78, 5) is 11.0. The van der Waals surface area contributed by atoms with Crippen LogP contribution in [0, 0.1) is 0 Å². The van der Waals surface area contributed by atoms with E-state index in [-0.39, 0.29) is 0 Å². The van der Waals surface area contributed by atoms with Gasteiger partial charge in [-0.15, -0.1) is 0 Å². The molecule has 0 aromatic carbocycles. The summed E-state index contributed by atoms with van der Waals surface area (Å²) in [6.45, 7) is 0. The number of hydrogen-bond donors (Lipinski definition) is 2. The molecule has 2 aromatic rings. The number of fused-ring (bicyclic) bond motifs is 1. The number of nitrogens with one attached hydrogen (secondary N) is 1. The first-order valence-corrected chi connectivity index (χ1v) is 7.56. The molecule has 6 nitrogen and oxygen atoms in total. The first-order chi connectivity index (χ1) is 10.0. The highest BCUT2D eigenvalue weighted by molar-refractivity contribution is 5.88. The van der Waals surface area contributed by atoms with Crippen molar-refractivity contribution in [1.29, 1.82) is 0 Å². The maximum atomic E-state index is 5.84. The first kappa shape index (κ1) is 14.1. The Labute approximate surface area is 125 Å². The lowest BCUT2D eigenvalue weighted by Gasteiger charge is -2.33. The monoisotopic (exact) mass is 288 g/mol. The van der Waals surface area contributed by atoms with Crippen LogP contribution >= 0.6 is 0 Å². The minimum atomic E-state index is 0.328. The van der Waals surface area contributed by atoms with Gasteiger partial charge in [-0.3, -0.25) is 0 Å². The molecule has 3 N–H and O–H groups in total. The Morgan fingerprint density at radius 2 is 1.95 bits per heavy atom. The third-order valence-corrected chi connectivity index (χ3v) is 4.51. The second-order valence-electron chi connectivity index (χ2n) is 6.21. The van der Waals surface area contributed by atoms with Crippen molar-refractivity contribution in [3.63, 3.8) is 0 Å². The average Bonchev–Trinajstić information content (AvgIpc) is 2.81. The number of aromatic nitrogens is 3. The number of nitrogens with two attached hydrogens (primary N) is 1. The van der Waals surface area contributed by atoms with Gasteiger partial charge in [0.05, 0.1) is 5.39 Å². The summed E-state index contributed by atoms with van der Waals surface area (Å²) in [5, 5.41) is 4.62. The molecule has 0 aliphatic heterocycles. The SMILES string of the molecule is CN(C)C1CCC(Nc2nc(N)nc3c2ccn3C)CC1. The Balaban J connectivity index is 1.77. The number of hydrogen-bond acceptors (Lipinski definition) is 5. The summed E-state index contributed by atoms with van der Waals surface area (Å²) in [5.41, 5.74) is 6.72. The molecule has 114 valence electrons. The van der Waals surface area contributed by atoms with E-state index in [0.29, 0.717) is 18.0 Å². The van der Waals surface area contributed by atoms with Gasteiger partial charge >= 0.3 is 0 Å². The summed E-state index contributed by atoms with van der Waals surface area (Å²) < 4.78 is 1.97. The van der Waals surface area contributed by atoms with Crippen LogP contribution in [0.1, 0.15) is 25.7 Å². The summed E-state index contributed by atoms with van der Waals surface area (Å²) >= 11 is 0. The third-order valence-electron chi connectivity index (χ3n) is 4.51. The van der Waals surface area contributed by atoms with Crippen LogP contribution in [0.5, 0.6) is 0 Å². The quantitative estimate of drug-likeness (QED) is 0.901. The fraction of sp³-hybridized carbons (Fsp3) is 0.600. The number of rotatable bonds is 3. The minimum Gasteiger partial charge on any atom is -0.368 e. The van der Waals surface area contributed by atoms with E-state index in [1.54, 1.807) is 0 Å². The van der Waals surface area contributed by atoms with Crippen LogP contribution in [-0.4, -0.2) is 45.6 Å². The molecule has 0 bridgehead atoms. The number of nitrogen functional groups attached to an aromatic ring is 1. The van der Waals surface area contributed by atoms with E-state index in [2.05, 4.69) is 34.3 Å². The van der Waals surface area contributed by atoms with Gasteiger partial charge in [0.2, 0.25) is 5.95 Å². The van der Waals surface area contributed by atoms with Crippen LogP contribution < -0.4 is 11.1 Å². The van der Waals surface area contributed by atoms with E-state index < -0.39 is 0 Å². The van der Waals surface area contributed by atoms with Crippen LogP contribution in [0.2, 0.25) is 0 Å².